The van der Waals surface area contributed by atoms with Crippen molar-refractivity contribution in [2.75, 3.05) is 38.9 Å². The van der Waals surface area contributed by atoms with Gasteiger partial charge in [0.1, 0.15) is 18.0 Å². The van der Waals surface area contributed by atoms with Crippen LogP contribution in [0.25, 0.3) is 0 Å². The quantitative estimate of drug-likeness (QED) is 0.331. The van der Waals surface area contributed by atoms with Crippen molar-refractivity contribution in [3.05, 3.63) is 52.5 Å². The number of carboxylic acids is 1. The lowest BCUT2D eigenvalue weighted by Gasteiger charge is -2.43. The Morgan fingerprint density at radius 1 is 1.09 bits per heavy atom. The molecule has 1 N–H and O–H groups in total. The Kier molecular flexibility index (Phi) is 10.8. The summed E-state index contributed by atoms with van der Waals surface area (Å²) in [6.07, 6.45) is -1.41. The predicted octanol–water partition coefficient (Wildman–Crippen LogP) is 5.07. The van der Waals surface area contributed by atoms with Gasteiger partial charge in [-0.3, -0.25) is 19.2 Å². The number of carboxylic acid groups (broad SMARTS) is 1. The summed E-state index contributed by atoms with van der Waals surface area (Å²) in [5.74, 6) is -1.95. The van der Waals surface area contributed by atoms with Crippen molar-refractivity contribution < 1.29 is 43.2 Å². The van der Waals surface area contributed by atoms with E-state index >= 15 is 0 Å². The number of hydrogen-bond donors (Lipinski definition) is 1. The van der Waals surface area contributed by atoms with E-state index in [0.29, 0.717) is 46.3 Å². The summed E-state index contributed by atoms with van der Waals surface area (Å²) >= 11 is 6.55. The summed E-state index contributed by atoms with van der Waals surface area (Å²) in [5.41, 5.74) is 1.05. The van der Waals surface area contributed by atoms with Crippen LogP contribution < -0.4 is 14.5 Å². The van der Waals surface area contributed by atoms with Gasteiger partial charge in [-0.25, -0.2) is 10.0 Å². The van der Waals surface area contributed by atoms with Crippen molar-refractivity contribution in [3.63, 3.8) is 0 Å². The van der Waals surface area contributed by atoms with Crippen LogP contribution in [0.4, 0.5) is 5.69 Å². The van der Waals surface area contributed by atoms with Gasteiger partial charge in [0.2, 0.25) is 0 Å². The first-order valence-electron chi connectivity index (χ1n) is 14.9. The molecule has 244 valence electrons. The molecule has 4 rings (SSSR count). The molecule has 2 aromatic rings. The maximum absolute atomic E-state index is 14.7. The Bertz CT molecular complexity index is 1450. The van der Waals surface area contributed by atoms with Crippen LogP contribution in [-0.4, -0.2) is 73.8 Å². The summed E-state index contributed by atoms with van der Waals surface area (Å²) in [6.45, 7) is 7.11. The number of nitrogens with zero attached hydrogens (tertiary/aromatic N) is 2. The minimum absolute atomic E-state index is 0.0639. The Balaban J connectivity index is 1.87. The molecule has 2 aliphatic heterocycles. The molecule has 12 heteroatoms. The van der Waals surface area contributed by atoms with Crippen molar-refractivity contribution in [1.29, 1.82) is 0 Å². The highest BCUT2D eigenvalue weighted by atomic mass is 35.5. The van der Waals surface area contributed by atoms with Crippen LogP contribution >= 0.6 is 11.6 Å². The van der Waals surface area contributed by atoms with E-state index in [1.165, 1.54) is 28.1 Å². The number of piperidine rings is 1. The minimum Gasteiger partial charge on any atom is -0.493 e. The normalized spacial score (nSPS) is 22.3. The maximum Gasteiger partial charge on any atom is 0.303 e. The molecule has 2 aliphatic rings. The number of ketones is 1. The van der Waals surface area contributed by atoms with Gasteiger partial charge in [0.25, 0.3) is 5.91 Å². The number of carbonyl (C=O) groups excluding carboxylic acids is 3. The number of fused-ring (bicyclic) bond motifs is 1. The molecule has 1 amide bonds. The van der Waals surface area contributed by atoms with E-state index in [-0.39, 0.29) is 43.6 Å². The Morgan fingerprint density at radius 3 is 2.44 bits per heavy atom. The van der Waals surface area contributed by atoms with Crippen molar-refractivity contribution in [1.82, 2.24) is 5.01 Å². The molecule has 0 spiro atoms. The summed E-state index contributed by atoms with van der Waals surface area (Å²) in [5, 5.41) is 13.3. The fraction of sp³-hybridized carbons (Fsp3) is 0.515. The first-order chi connectivity index (χ1) is 21.3. The van der Waals surface area contributed by atoms with E-state index in [1.54, 1.807) is 40.3 Å². The second-order valence-corrected chi connectivity index (χ2v) is 12.8. The summed E-state index contributed by atoms with van der Waals surface area (Å²) < 4.78 is 23.4. The fourth-order valence-corrected chi connectivity index (χ4v) is 6.40. The van der Waals surface area contributed by atoms with Gasteiger partial charge >= 0.3 is 11.9 Å². The Hall–Kier alpha value is -3.67. The van der Waals surface area contributed by atoms with Gasteiger partial charge < -0.3 is 24.1 Å². The van der Waals surface area contributed by atoms with E-state index < -0.39 is 35.5 Å². The van der Waals surface area contributed by atoms with Crippen molar-refractivity contribution >= 4 is 40.9 Å². The first-order valence-corrected chi connectivity index (χ1v) is 15.2. The standard InChI is InChI=1S/C33H41ClN2O9/c1-19(37)25-17-35(13-12-21(25)14-29(39)40)36-26-11-10-22(34)15-24(26)30(23-8-7-9-27(42-5)31(23)43-6)45-28(32(36)41)16-33(3,4)18-44-20(2)38/h7-11,15,21,25,28,30H,12-14,16-18H2,1-6H3,(H,39,40)/t21?,25?,28-,30-/m1/s1. The van der Waals surface area contributed by atoms with Gasteiger partial charge in [0.05, 0.1) is 26.5 Å². The van der Waals surface area contributed by atoms with Gasteiger partial charge in [-0.2, -0.15) is 0 Å². The number of rotatable bonds is 11. The molecule has 2 aromatic carbocycles. The number of anilines is 1. The van der Waals surface area contributed by atoms with Crippen LogP contribution in [0, 0.1) is 17.3 Å². The Labute approximate surface area is 268 Å². The maximum atomic E-state index is 14.7. The monoisotopic (exact) mass is 644 g/mol. The number of aliphatic carboxylic acids is 1. The summed E-state index contributed by atoms with van der Waals surface area (Å²) in [6, 6.07) is 10.6. The number of amides is 1. The van der Waals surface area contributed by atoms with E-state index in [1.807, 2.05) is 19.9 Å². The lowest BCUT2D eigenvalue weighted by atomic mass is 9.81. The van der Waals surface area contributed by atoms with Crippen LogP contribution in [0.5, 0.6) is 11.5 Å². The summed E-state index contributed by atoms with van der Waals surface area (Å²) in [4.78, 5) is 50.7. The highest BCUT2D eigenvalue weighted by Crippen LogP contribution is 2.47. The minimum atomic E-state index is -1.03. The molecule has 1 saturated heterocycles. The predicted molar refractivity (Wildman–Crippen MR) is 166 cm³/mol. The van der Waals surface area contributed by atoms with Crippen LogP contribution in [0.15, 0.2) is 36.4 Å². The van der Waals surface area contributed by atoms with Crippen LogP contribution in [0.3, 0.4) is 0 Å². The van der Waals surface area contributed by atoms with E-state index in [0.717, 1.165) is 0 Å². The number of benzene rings is 2. The molecule has 2 unspecified atom stereocenters. The molecule has 4 atom stereocenters. The number of Topliss-reactive ketones (excluding diaryl/α,β-unsaturated/α-hetero) is 1. The molecular weight excluding hydrogens is 604 g/mol. The van der Waals surface area contributed by atoms with Crippen molar-refractivity contribution in [3.8, 4) is 11.5 Å². The third-order valence-electron chi connectivity index (χ3n) is 8.38. The van der Waals surface area contributed by atoms with Gasteiger partial charge in [0, 0.05) is 53.9 Å². The number of methoxy groups -OCH3 is 2. The highest BCUT2D eigenvalue weighted by Gasteiger charge is 2.45. The lowest BCUT2D eigenvalue weighted by Crippen LogP contribution is -2.57. The average Bonchev–Trinajstić information content (AvgIpc) is 3.09. The van der Waals surface area contributed by atoms with Gasteiger partial charge in [-0.15, -0.1) is 0 Å². The number of halogens is 1. The molecule has 11 nitrogen and oxygen atoms in total. The summed E-state index contributed by atoms with van der Waals surface area (Å²) in [7, 11) is 3.06. The topological polar surface area (TPSA) is 132 Å². The molecular formula is C33H41ClN2O9. The van der Waals surface area contributed by atoms with Gasteiger partial charge in [-0.05, 0) is 49.9 Å². The lowest BCUT2D eigenvalue weighted by molar-refractivity contribution is -0.147. The van der Waals surface area contributed by atoms with E-state index in [2.05, 4.69) is 0 Å². The molecule has 0 aliphatic carbocycles. The number of para-hydroxylation sites is 1. The zero-order valence-corrected chi connectivity index (χ0v) is 27.3. The largest absolute Gasteiger partial charge is 0.493 e. The number of carbonyl (C=O) groups is 4. The van der Waals surface area contributed by atoms with E-state index in [4.69, 9.17) is 30.5 Å². The highest BCUT2D eigenvalue weighted by molar-refractivity contribution is 6.30. The number of ether oxygens (including phenoxy) is 4. The SMILES string of the molecule is COc1cccc([C@H]2O[C@H](CC(C)(C)COC(C)=O)C(=O)N(N3CCC(CC(=O)O)C(C(C)=O)C3)c3ccc(Cl)cc32)c1OC. The van der Waals surface area contributed by atoms with Gasteiger partial charge in [0.15, 0.2) is 11.5 Å². The van der Waals surface area contributed by atoms with E-state index in [9.17, 15) is 24.3 Å². The average molecular weight is 645 g/mol. The Morgan fingerprint density at radius 2 is 1.82 bits per heavy atom. The zero-order chi connectivity index (χ0) is 33.1. The smallest absolute Gasteiger partial charge is 0.303 e. The molecule has 45 heavy (non-hydrogen) atoms. The number of hydrazine groups is 1. The fourth-order valence-electron chi connectivity index (χ4n) is 6.22. The number of esters is 1. The molecule has 0 radical (unpaired) electrons. The van der Waals surface area contributed by atoms with Crippen molar-refractivity contribution in [2.45, 2.75) is 59.2 Å². The second-order valence-electron chi connectivity index (χ2n) is 12.4. The molecule has 2 heterocycles. The second kappa shape index (κ2) is 14.2. The molecule has 0 aromatic heterocycles. The third-order valence-corrected chi connectivity index (χ3v) is 8.62. The molecule has 0 saturated carbocycles. The van der Waals surface area contributed by atoms with Gasteiger partial charge in [-0.1, -0.05) is 37.6 Å². The van der Waals surface area contributed by atoms with Crippen LogP contribution in [0.1, 0.15) is 64.2 Å². The van der Waals surface area contributed by atoms with Crippen LogP contribution in [-0.2, 0) is 28.7 Å². The van der Waals surface area contributed by atoms with Crippen LogP contribution in [0.2, 0.25) is 5.02 Å². The first kappa shape index (κ1) is 34.2. The molecule has 0 bridgehead atoms. The zero-order valence-electron chi connectivity index (χ0n) is 26.5. The molecule has 1 fully saturated rings. The number of hydrogen-bond acceptors (Lipinski definition) is 9. The third kappa shape index (κ3) is 7.77. The van der Waals surface area contributed by atoms with Crippen molar-refractivity contribution in [2.24, 2.45) is 17.3 Å².